The van der Waals surface area contributed by atoms with E-state index in [2.05, 4.69) is 35.5 Å². The van der Waals surface area contributed by atoms with Crippen LogP contribution in [0.15, 0.2) is 35.4 Å². The number of ketones is 1. The predicted octanol–water partition coefficient (Wildman–Crippen LogP) is 4.87. The lowest BCUT2D eigenvalue weighted by molar-refractivity contribution is 0.0932. The van der Waals surface area contributed by atoms with E-state index < -0.39 is 11.7 Å². The summed E-state index contributed by atoms with van der Waals surface area (Å²) < 4.78 is 22.0. The molecule has 0 aliphatic heterocycles. The third-order valence-electron chi connectivity index (χ3n) is 5.24. The van der Waals surface area contributed by atoms with E-state index in [-0.39, 0.29) is 45.9 Å². The number of aromatic nitrogens is 7. The van der Waals surface area contributed by atoms with E-state index >= 15 is 4.39 Å². The second kappa shape index (κ2) is 9.49. The van der Waals surface area contributed by atoms with Crippen molar-refractivity contribution >= 4 is 29.0 Å². The van der Waals surface area contributed by atoms with E-state index in [0.717, 1.165) is 0 Å². The summed E-state index contributed by atoms with van der Waals surface area (Å²) in [4.78, 5) is 29.3. The lowest BCUT2D eigenvalue weighted by Crippen LogP contribution is -2.14. The quantitative estimate of drug-likeness (QED) is 0.355. The first-order chi connectivity index (χ1) is 16.5. The molecule has 4 rings (SSSR count). The highest BCUT2D eigenvalue weighted by Crippen LogP contribution is 2.34. The monoisotopic (exact) mass is 498 g/mol. The Morgan fingerprint density at radius 1 is 1.26 bits per heavy atom. The van der Waals surface area contributed by atoms with Crippen molar-refractivity contribution in [2.75, 3.05) is 5.32 Å². The van der Waals surface area contributed by atoms with Crippen molar-refractivity contribution < 1.29 is 13.7 Å². The summed E-state index contributed by atoms with van der Waals surface area (Å²) >= 11 is 6.37. The third kappa shape index (κ3) is 5.35. The molecule has 3 heterocycles. The van der Waals surface area contributed by atoms with Gasteiger partial charge in [0.25, 0.3) is 5.89 Å². The SMILES string of the molecule is C[C@@H](CC(=O)c1nc(C(C)(C)C)no1)c1ccc(-c2ncnc(Nc3cnn(C)c3)n2)c(F)c1Cl. The van der Waals surface area contributed by atoms with Gasteiger partial charge in [0.2, 0.25) is 11.7 Å². The van der Waals surface area contributed by atoms with Crippen molar-refractivity contribution in [1.29, 1.82) is 0 Å². The number of hydrogen-bond acceptors (Lipinski definition) is 9. The van der Waals surface area contributed by atoms with E-state index in [1.807, 2.05) is 20.8 Å². The smallest absolute Gasteiger partial charge is 0.294 e. The molecule has 4 aromatic rings. The molecule has 0 fully saturated rings. The summed E-state index contributed by atoms with van der Waals surface area (Å²) in [7, 11) is 1.78. The van der Waals surface area contributed by atoms with Crippen molar-refractivity contribution in [1.82, 2.24) is 34.9 Å². The fourth-order valence-corrected chi connectivity index (χ4v) is 3.69. The van der Waals surface area contributed by atoms with Crippen LogP contribution in [-0.2, 0) is 12.5 Å². The number of nitrogens with zero attached hydrogens (tertiary/aromatic N) is 7. The molecule has 0 saturated carbocycles. The standard InChI is InChI=1S/C23H24ClFN8O2/c1-12(8-16(34)20-31-21(32-35-20)23(2,3)4)14-6-7-15(18(25)17(14)24)19-26-11-27-22(30-19)29-13-9-28-33(5)10-13/h6-7,9-12H,8H2,1-5H3,(H,26,27,29,30)/t12-/m0/s1. The number of carbonyl (C=O) groups is 1. The molecule has 0 spiro atoms. The second-order valence-corrected chi connectivity index (χ2v) is 9.57. The molecule has 0 aliphatic rings. The van der Waals surface area contributed by atoms with Crippen molar-refractivity contribution in [3.63, 3.8) is 0 Å². The fraction of sp³-hybridized carbons (Fsp3) is 0.348. The zero-order valence-electron chi connectivity index (χ0n) is 19.9. The number of rotatable bonds is 7. The van der Waals surface area contributed by atoms with Crippen LogP contribution in [0.1, 0.15) is 62.1 Å². The first-order valence-electron chi connectivity index (χ1n) is 10.8. The zero-order chi connectivity index (χ0) is 25.3. The van der Waals surface area contributed by atoms with Crippen LogP contribution >= 0.6 is 11.6 Å². The Balaban J connectivity index is 1.53. The molecule has 0 saturated heterocycles. The number of nitrogens with one attached hydrogen (secondary N) is 1. The second-order valence-electron chi connectivity index (χ2n) is 9.19. The summed E-state index contributed by atoms with van der Waals surface area (Å²) in [5.74, 6) is -0.716. The van der Waals surface area contributed by atoms with Crippen molar-refractivity contribution in [3.8, 4) is 11.4 Å². The van der Waals surface area contributed by atoms with E-state index in [0.29, 0.717) is 17.1 Å². The van der Waals surface area contributed by atoms with E-state index in [9.17, 15) is 4.79 Å². The molecule has 3 aromatic heterocycles. The highest BCUT2D eigenvalue weighted by atomic mass is 35.5. The van der Waals surface area contributed by atoms with Gasteiger partial charge < -0.3 is 9.84 Å². The largest absolute Gasteiger partial charge is 0.331 e. The van der Waals surface area contributed by atoms with Crippen molar-refractivity contribution in [2.24, 2.45) is 7.05 Å². The van der Waals surface area contributed by atoms with Crippen LogP contribution in [0, 0.1) is 5.82 Å². The van der Waals surface area contributed by atoms with E-state index in [1.54, 1.807) is 37.1 Å². The molecule has 1 atom stereocenters. The number of carbonyl (C=O) groups excluding carboxylic acids is 1. The number of hydrogen-bond donors (Lipinski definition) is 1. The van der Waals surface area contributed by atoms with Crippen LogP contribution in [0.3, 0.4) is 0 Å². The van der Waals surface area contributed by atoms with Gasteiger partial charge in [-0.05, 0) is 17.5 Å². The van der Waals surface area contributed by atoms with Crippen LogP contribution in [0.2, 0.25) is 5.02 Å². The molecule has 10 nitrogen and oxygen atoms in total. The number of halogens is 2. The molecular weight excluding hydrogens is 475 g/mol. The minimum Gasteiger partial charge on any atom is -0.331 e. The Kier molecular flexibility index (Phi) is 6.62. The summed E-state index contributed by atoms with van der Waals surface area (Å²) in [5.41, 5.74) is 0.909. The molecule has 0 unspecified atom stereocenters. The Morgan fingerprint density at radius 3 is 2.69 bits per heavy atom. The topological polar surface area (TPSA) is 125 Å². The third-order valence-corrected chi connectivity index (χ3v) is 5.63. The average Bonchev–Trinajstić information content (AvgIpc) is 3.45. The summed E-state index contributed by atoms with van der Waals surface area (Å²) in [6.07, 6.45) is 4.66. The number of Topliss-reactive ketones (excluding diaryl/α,β-unsaturated/α-hetero) is 1. The van der Waals surface area contributed by atoms with Gasteiger partial charge >= 0.3 is 0 Å². The molecular formula is C23H24ClFN8O2. The molecule has 0 radical (unpaired) electrons. The van der Waals surface area contributed by atoms with Gasteiger partial charge in [-0.1, -0.05) is 50.5 Å². The fourth-order valence-electron chi connectivity index (χ4n) is 3.34. The van der Waals surface area contributed by atoms with Gasteiger partial charge in [-0.15, -0.1) is 0 Å². The first kappa shape index (κ1) is 24.4. The highest BCUT2D eigenvalue weighted by molar-refractivity contribution is 6.32. The normalized spacial score (nSPS) is 12.5. The van der Waals surface area contributed by atoms with Gasteiger partial charge in [0.1, 0.15) is 6.33 Å². The first-order valence-corrected chi connectivity index (χ1v) is 11.2. The van der Waals surface area contributed by atoms with Crippen LogP contribution in [0.4, 0.5) is 16.0 Å². The maximum Gasteiger partial charge on any atom is 0.294 e. The van der Waals surface area contributed by atoms with Gasteiger partial charge in [0, 0.05) is 25.1 Å². The molecule has 1 N–H and O–H groups in total. The molecule has 12 heteroatoms. The Morgan fingerprint density at radius 2 is 2.03 bits per heavy atom. The number of benzene rings is 1. The maximum absolute atomic E-state index is 15.3. The van der Waals surface area contributed by atoms with Gasteiger partial charge in [0.15, 0.2) is 17.5 Å². The van der Waals surface area contributed by atoms with Gasteiger partial charge in [0.05, 0.1) is 22.5 Å². The Bertz CT molecular complexity index is 1380. The highest BCUT2D eigenvalue weighted by Gasteiger charge is 2.26. The van der Waals surface area contributed by atoms with E-state index in [4.69, 9.17) is 16.1 Å². The average molecular weight is 499 g/mol. The number of aryl methyl sites for hydroxylation is 1. The van der Waals surface area contributed by atoms with Gasteiger partial charge in [-0.3, -0.25) is 9.48 Å². The number of anilines is 2. The maximum atomic E-state index is 15.3. The molecule has 1 aromatic carbocycles. The summed E-state index contributed by atoms with van der Waals surface area (Å²) in [6.45, 7) is 7.54. The lowest BCUT2D eigenvalue weighted by Gasteiger charge is -2.14. The minimum absolute atomic E-state index is 0.0230. The molecule has 35 heavy (non-hydrogen) atoms. The van der Waals surface area contributed by atoms with Gasteiger partial charge in [-0.2, -0.15) is 15.1 Å². The lowest BCUT2D eigenvalue weighted by atomic mass is 9.94. The van der Waals surface area contributed by atoms with Gasteiger partial charge in [-0.25, -0.2) is 14.4 Å². The van der Waals surface area contributed by atoms with Crippen LogP contribution < -0.4 is 5.32 Å². The Hall–Kier alpha value is -3.73. The van der Waals surface area contributed by atoms with Crippen molar-refractivity contribution in [3.05, 3.63) is 59.0 Å². The zero-order valence-corrected chi connectivity index (χ0v) is 20.6. The molecule has 182 valence electrons. The molecule has 0 aliphatic carbocycles. The Labute approximate surface area is 206 Å². The summed E-state index contributed by atoms with van der Waals surface area (Å²) in [5, 5.41) is 10.8. The van der Waals surface area contributed by atoms with E-state index in [1.165, 1.54) is 12.4 Å². The van der Waals surface area contributed by atoms with Crippen LogP contribution in [0.5, 0.6) is 0 Å². The minimum atomic E-state index is -0.685. The molecule has 0 bridgehead atoms. The van der Waals surface area contributed by atoms with Crippen LogP contribution in [-0.4, -0.2) is 40.7 Å². The molecule has 0 amide bonds. The van der Waals surface area contributed by atoms with Crippen LogP contribution in [0.25, 0.3) is 11.4 Å². The predicted molar refractivity (Wildman–Crippen MR) is 127 cm³/mol. The summed E-state index contributed by atoms with van der Waals surface area (Å²) in [6, 6.07) is 3.19. The van der Waals surface area contributed by atoms with Crippen molar-refractivity contribution in [2.45, 2.75) is 45.4 Å².